The molecule has 126 valence electrons. The van der Waals surface area contributed by atoms with E-state index in [4.69, 9.17) is 26.8 Å². The Labute approximate surface area is 135 Å². The van der Waals surface area contributed by atoms with E-state index < -0.39 is 26.4 Å². The molecule has 1 rings (SSSR count). The zero-order valence-corrected chi connectivity index (χ0v) is 15.0. The predicted octanol–water partition coefficient (Wildman–Crippen LogP) is 1.76. The third-order valence-electron chi connectivity index (χ3n) is 2.96. The van der Waals surface area contributed by atoms with Gasteiger partial charge in [0, 0.05) is 14.7 Å². The molecule has 0 aliphatic rings. The average Bonchev–Trinajstić information content (AvgIpc) is 2.73. The molecule has 0 spiro atoms. The van der Waals surface area contributed by atoms with Crippen LogP contribution in [-0.4, -0.2) is 46.7 Å². The molecule has 1 aromatic heterocycles. The van der Waals surface area contributed by atoms with Gasteiger partial charge < -0.3 is 20.3 Å². The number of ether oxygens (including phenoxy) is 2. The van der Waals surface area contributed by atoms with Crippen LogP contribution in [0.4, 0.5) is 4.79 Å². The van der Waals surface area contributed by atoms with E-state index in [9.17, 15) is 9.90 Å². The van der Waals surface area contributed by atoms with Crippen molar-refractivity contribution in [3.8, 4) is 0 Å². The summed E-state index contributed by atoms with van der Waals surface area (Å²) in [5.74, 6) is 0.159. The van der Waals surface area contributed by atoms with Crippen LogP contribution in [0.1, 0.15) is 18.9 Å². The number of rotatable bonds is 8. The highest BCUT2D eigenvalue weighted by atomic mass is 35.5. The molecule has 22 heavy (non-hydrogen) atoms. The van der Waals surface area contributed by atoms with E-state index in [0.29, 0.717) is 6.61 Å². The van der Waals surface area contributed by atoms with Crippen molar-refractivity contribution in [1.82, 2.24) is 14.8 Å². The fourth-order valence-electron chi connectivity index (χ4n) is 1.62. The van der Waals surface area contributed by atoms with Crippen LogP contribution < -0.4 is 5.73 Å². The molecule has 8 nitrogen and oxygen atoms in total. The Morgan fingerprint density at radius 3 is 2.64 bits per heavy atom. The van der Waals surface area contributed by atoms with Crippen LogP contribution in [0.2, 0.25) is 31.0 Å². The molecule has 0 aromatic carbocycles. The quantitative estimate of drug-likeness (QED) is 0.545. The number of aliphatic hydroxyl groups excluding tert-OH is 1. The lowest BCUT2D eigenvalue weighted by atomic mass is 10.2. The molecule has 1 unspecified atom stereocenters. The number of nitrogens with zero attached hydrogens (tertiary/aromatic N) is 3. The summed E-state index contributed by atoms with van der Waals surface area (Å²) in [5.41, 5.74) is 4.93. The van der Waals surface area contributed by atoms with Gasteiger partial charge in [-0.15, -0.1) is 10.2 Å². The van der Waals surface area contributed by atoms with E-state index in [1.54, 1.807) is 0 Å². The number of amides is 1. The van der Waals surface area contributed by atoms with Crippen molar-refractivity contribution >= 4 is 25.8 Å². The normalized spacial score (nSPS) is 14.6. The second-order valence-electron chi connectivity index (χ2n) is 6.19. The Kier molecular flexibility index (Phi) is 6.79. The van der Waals surface area contributed by atoms with E-state index >= 15 is 0 Å². The Morgan fingerprint density at radius 2 is 2.09 bits per heavy atom. The van der Waals surface area contributed by atoms with Gasteiger partial charge in [-0.1, -0.05) is 19.6 Å². The number of aromatic nitrogens is 3. The highest BCUT2D eigenvalue weighted by Crippen LogP contribution is 2.20. The van der Waals surface area contributed by atoms with Gasteiger partial charge in [-0.2, -0.15) is 0 Å². The summed E-state index contributed by atoms with van der Waals surface area (Å²) in [7, 11) is -1.18. The van der Waals surface area contributed by atoms with Crippen LogP contribution in [-0.2, 0) is 16.2 Å². The Bertz CT molecular complexity index is 506. The van der Waals surface area contributed by atoms with Gasteiger partial charge in [0.1, 0.15) is 12.8 Å². The largest absolute Gasteiger partial charge is 0.443 e. The van der Waals surface area contributed by atoms with Crippen LogP contribution in [0.15, 0.2) is 0 Å². The molecule has 3 N–H and O–H groups in total. The van der Waals surface area contributed by atoms with E-state index in [2.05, 4.69) is 29.8 Å². The standard InChI is InChI=1S/C12H23ClN4O4Si/c1-8(21-12(14)19)9(18)10-15-16-11(13)17(10)7-20-5-6-22(2,3)4/h8-9,18H,5-7H2,1-4H3,(H2,14,19)/t8-,9?/m0/s1. The number of nitrogens with two attached hydrogens (primary N) is 1. The van der Waals surface area contributed by atoms with Crippen LogP contribution in [0, 0.1) is 0 Å². The highest BCUT2D eigenvalue weighted by Gasteiger charge is 2.26. The molecule has 0 aliphatic carbocycles. The van der Waals surface area contributed by atoms with Crippen molar-refractivity contribution in [3.05, 3.63) is 11.1 Å². The van der Waals surface area contributed by atoms with Gasteiger partial charge in [0.25, 0.3) is 0 Å². The maximum absolute atomic E-state index is 10.7. The number of carbonyl (C=O) groups is 1. The lowest BCUT2D eigenvalue weighted by Crippen LogP contribution is -2.28. The van der Waals surface area contributed by atoms with Gasteiger partial charge in [0.15, 0.2) is 11.9 Å². The number of carbonyl (C=O) groups excluding carboxylic acids is 1. The number of hydrogen-bond donors (Lipinski definition) is 2. The lowest BCUT2D eigenvalue weighted by molar-refractivity contribution is 0.00354. The number of aliphatic hydroxyl groups is 1. The first kappa shape index (κ1) is 18.9. The van der Waals surface area contributed by atoms with Crippen molar-refractivity contribution in [2.45, 2.75) is 51.5 Å². The zero-order chi connectivity index (χ0) is 16.9. The first-order valence-electron chi connectivity index (χ1n) is 6.92. The molecule has 0 bridgehead atoms. The summed E-state index contributed by atoms with van der Waals surface area (Å²) in [6.45, 7) is 8.95. The predicted molar refractivity (Wildman–Crippen MR) is 84.2 cm³/mol. The van der Waals surface area contributed by atoms with Gasteiger partial charge in [0.05, 0.1) is 0 Å². The smallest absolute Gasteiger partial charge is 0.404 e. The van der Waals surface area contributed by atoms with E-state index in [1.165, 1.54) is 11.5 Å². The number of hydrogen-bond acceptors (Lipinski definition) is 6. The molecule has 1 amide bonds. The van der Waals surface area contributed by atoms with E-state index in [1.807, 2.05) is 0 Å². The minimum atomic E-state index is -1.20. The summed E-state index contributed by atoms with van der Waals surface area (Å²) in [6, 6.07) is 1.01. The summed E-state index contributed by atoms with van der Waals surface area (Å²) in [5, 5.41) is 17.7. The third kappa shape index (κ3) is 5.91. The molecular weight excluding hydrogens is 328 g/mol. The molecule has 0 radical (unpaired) electrons. The third-order valence-corrected chi connectivity index (χ3v) is 4.95. The van der Waals surface area contributed by atoms with Gasteiger partial charge in [0.2, 0.25) is 5.28 Å². The molecule has 1 aromatic rings. The second-order valence-corrected chi connectivity index (χ2v) is 12.1. The Morgan fingerprint density at radius 1 is 1.45 bits per heavy atom. The molecule has 0 aliphatic heterocycles. The van der Waals surface area contributed by atoms with Crippen LogP contribution in [0.25, 0.3) is 0 Å². The first-order chi connectivity index (χ1) is 10.1. The summed E-state index contributed by atoms with van der Waals surface area (Å²) in [4.78, 5) is 10.7. The Hall–Kier alpha value is -1.16. The minimum Gasteiger partial charge on any atom is -0.443 e. The lowest BCUT2D eigenvalue weighted by Gasteiger charge is -2.19. The highest BCUT2D eigenvalue weighted by molar-refractivity contribution is 6.76. The van der Waals surface area contributed by atoms with Crippen molar-refractivity contribution in [3.63, 3.8) is 0 Å². The first-order valence-corrected chi connectivity index (χ1v) is 11.0. The van der Waals surface area contributed by atoms with Gasteiger partial charge in [-0.3, -0.25) is 4.57 Å². The zero-order valence-electron chi connectivity index (χ0n) is 13.2. The summed E-state index contributed by atoms with van der Waals surface area (Å²) < 4.78 is 11.7. The van der Waals surface area contributed by atoms with Gasteiger partial charge in [-0.25, -0.2) is 4.79 Å². The van der Waals surface area contributed by atoms with Crippen LogP contribution in [0.3, 0.4) is 0 Å². The van der Waals surface area contributed by atoms with Crippen molar-refractivity contribution in [1.29, 1.82) is 0 Å². The Balaban J connectivity index is 2.68. The maximum atomic E-state index is 10.7. The molecule has 1 heterocycles. The van der Waals surface area contributed by atoms with E-state index in [-0.39, 0.29) is 17.8 Å². The second kappa shape index (κ2) is 7.91. The molecule has 0 saturated carbocycles. The maximum Gasteiger partial charge on any atom is 0.404 e. The van der Waals surface area contributed by atoms with E-state index in [0.717, 1.165) is 6.04 Å². The number of primary amides is 1. The van der Waals surface area contributed by atoms with Gasteiger partial charge >= 0.3 is 6.09 Å². The van der Waals surface area contributed by atoms with Gasteiger partial charge in [-0.05, 0) is 24.6 Å². The van der Waals surface area contributed by atoms with Crippen LogP contribution >= 0.6 is 11.6 Å². The molecule has 2 atom stereocenters. The molecule has 10 heteroatoms. The number of halogens is 1. The molecule has 0 saturated heterocycles. The van der Waals surface area contributed by atoms with Crippen molar-refractivity contribution in [2.75, 3.05) is 6.61 Å². The fourth-order valence-corrected chi connectivity index (χ4v) is 2.55. The minimum absolute atomic E-state index is 0.0910. The fraction of sp³-hybridized carbons (Fsp3) is 0.750. The van der Waals surface area contributed by atoms with Crippen molar-refractivity contribution in [2.24, 2.45) is 5.73 Å². The summed E-state index contributed by atoms with van der Waals surface area (Å²) >= 11 is 5.94. The average molecular weight is 351 g/mol. The van der Waals surface area contributed by atoms with Crippen molar-refractivity contribution < 1.29 is 19.4 Å². The summed E-state index contributed by atoms with van der Waals surface area (Å²) in [6.07, 6.45) is -3.05. The topological polar surface area (TPSA) is 112 Å². The SMILES string of the molecule is C[C@H](OC(N)=O)C(O)c1nnc(Cl)n1COCC[Si](C)(C)C. The van der Waals surface area contributed by atoms with Crippen LogP contribution in [0.5, 0.6) is 0 Å². The molecular formula is C12H23ClN4O4Si. The monoisotopic (exact) mass is 350 g/mol. The molecule has 0 fully saturated rings.